The monoisotopic (exact) mass is 238 g/mol. The van der Waals surface area contributed by atoms with E-state index in [1.54, 1.807) is 12.1 Å². The van der Waals surface area contributed by atoms with E-state index in [1.165, 1.54) is 0 Å². The van der Waals surface area contributed by atoms with E-state index in [2.05, 4.69) is 5.32 Å². The third kappa shape index (κ3) is 3.35. The van der Waals surface area contributed by atoms with Crippen LogP contribution in [0.25, 0.3) is 0 Å². The molecule has 0 radical (unpaired) electrons. The van der Waals surface area contributed by atoms with Crippen LogP contribution in [0.5, 0.6) is 5.75 Å². The van der Waals surface area contributed by atoms with Gasteiger partial charge in [-0.2, -0.15) is 0 Å². The number of benzene rings is 1. The van der Waals surface area contributed by atoms with Crippen LogP contribution in [0.1, 0.15) is 11.1 Å². The van der Waals surface area contributed by atoms with Crippen molar-refractivity contribution < 1.29 is 14.6 Å². The Morgan fingerprint density at radius 2 is 1.88 bits per heavy atom. The van der Waals surface area contributed by atoms with Gasteiger partial charge in [0, 0.05) is 19.8 Å². The Kier molecular flexibility index (Phi) is 4.34. The van der Waals surface area contributed by atoms with E-state index in [1.807, 2.05) is 32.8 Å². The molecule has 0 fully saturated rings. The fraction of sp³-hybridized carbons (Fsp3) is 0.417. The van der Waals surface area contributed by atoms with Gasteiger partial charge in [-0.05, 0) is 37.1 Å². The molecule has 0 unspecified atom stereocenters. The van der Waals surface area contributed by atoms with Gasteiger partial charge < -0.3 is 14.7 Å². The predicted octanol–water partition coefficient (Wildman–Crippen LogP) is 1.41. The second-order valence-corrected chi connectivity index (χ2v) is 4.02. The number of nitrogens with zero attached hydrogens (tertiary/aromatic N) is 1. The van der Waals surface area contributed by atoms with E-state index in [-0.39, 0.29) is 0 Å². The largest absolute Gasteiger partial charge is 0.414 e. The summed E-state index contributed by atoms with van der Waals surface area (Å²) in [5.41, 5.74) is 3.17. The molecular formula is C12H18N2O3. The minimum Gasteiger partial charge on any atom is -0.410 e. The summed E-state index contributed by atoms with van der Waals surface area (Å²) in [4.78, 5) is 13.2. The molecule has 5 nitrogen and oxygen atoms in total. The van der Waals surface area contributed by atoms with Crippen molar-refractivity contribution in [3.63, 3.8) is 0 Å². The van der Waals surface area contributed by atoms with Crippen LogP contribution >= 0.6 is 0 Å². The van der Waals surface area contributed by atoms with Gasteiger partial charge in [-0.15, -0.1) is 0 Å². The lowest BCUT2D eigenvalue weighted by molar-refractivity contribution is 0.181. The molecule has 2 N–H and O–H groups in total. The molecule has 0 aromatic heterocycles. The maximum absolute atomic E-state index is 11.2. The number of anilines is 1. The number of aliphatic hydroxyl groups excluding tert-OH is 1. The number of carbonyl (C=O) groups is 1. The molecule has 1 aromatic rings. The molecule has 0 heterocycles. The summed E-state index contributed by atoms with van der Waals surface area (Å²) in [6.07, 6.45) is -0.663. The van der Waals surface area contributed by atoms with Gasteiger partial charge in [0.15, 0.2) is 0 Å². The Hall–Kier alpha value is -1.75. The summed E-state index contributed by atoms with van der Waals surface area (Å²) in [5, 5.41) is 10.7. The normalized spacial score (nSPS) is 9.94. The molecule has 0 aliphatic carbocycles. The van der Waals surface area contributed by atoms with Crippen LogP contribution in [0.15, 0.2) is 12.1 Å². The first-order valence-corrected chi connectivity index (χ1v) is 5.30. The molecule has 17 heavy (non-hydrogen) atoms. The number of hydrogen-bond acceptors (Lipinski definition) is 4. The number of aryl methyl sites for hydroxylation is 2. The first-order chi connectivity index (χ1) is 7.95. The molecule has 94 valence electrons. The summed E-state index contributed by atoms with van der Waals surface area (Å²) in [7, 11) is 3.93. The maximum Gasteiger partial charge on any atom is 0.414 e. The Balaban J connectivity index is 2.94. The number of rotatable bonds is 3. The number of ether oxygens (including phenoxy) is 1. The highest BCUT2D eigenvalue weighted by Crippen LogP contribution is 2.28. The van der Waals surface area contributed by atoms with E-state index >= 15 is 0 Å². The molecule has 1 rings (SSSR count). The van der Waals surface area contributed by atoms with Crippen molar-refractivity contribution in [2.45, 2.75) is 13.8 Å². The Bertz CT molecular complexity index is 393. The highest BCUT2D eigenvalue weighted by molar-refractivity contribution is 5.71. The molecule has 5 heteroatoms. The van der Waals surface area contributed by atoms with Crippen LogP contribution < -0.4 is 15.0 Å². The van der Waals surface area contributed by atoms with Gasteiger partial charge in [0.1, 0.15) is 12.5 Å². The van der Waals surface area contributed by atoms with E-state index in [0.717, 1.165) is 16.8 Å². The zero-order valence-corrected chi connectivity index (χ0v) is 10.6. The van der Waals surface area contributed by atoms with Gasteiger partial charge in [0.05, 0.1) is 0 Å². The predicted molar refractivity (Wildman–Crippen MR) is 66.5 cm³/mol. The minimum absolute atomic E-state index is 0.438. The quantitative estimate of drug-likeness (QED) is 0.781. The molecule has 0 atom stereocenters. The van der Waals surface area contributed by atoms with E-state index in [4.69, 9.17) is 9.84 Å². The van der Waals surface area contributed by atoms with Crippen LogP contribution in [0.2, 0.25) is 0 Å². The number of amides is 1. The van der Waals surface area contributed by atoms with Crippen LogP contribution in [0, 0.1) is 13.8 Å². The summed E-state index contributed by atoms with van der Waals surface area (Å²) in [6, 6.07) is 3.58. The highest BCUT2D eigenvalue weighted by atomic mass is 16.6. The zero-order valence-electron chi connectivity index (χ0n) is 10.6. The molecule has 1 amide bonds. The van der Waals surface area contributed by atoms with Crippen molar-refractivity contribution in [1.29, 1.82) is 0 Å². The second kappa shape index (κ2) is 5.54. The van der Waals surface area contributed by atoms with Gasteiger partial charge in [-0.25, -0.2) is 4.79 Å². The van der Waals surface area contributed by atoms with E-state index < -0.39 is 12.8 Å². The smallest absolute Gasteiger partial charge is 0.410 e. The summed E-state index contributed by atoms with van der Waals surface area (Å²) < 4.78 is 5.02. The van der Waals surface area contributed by atoms with Crippen LogP contribution in [-0.4, -0.2) is 32.0 Å². The fourth-order valence-corrected chi connectivity index (χ4v) is 1.89. The van der Waals surface area contributed by atoms with Crippen molar-refractivity contribution in [1.82, 2.24) is 5.32 Å². The van der Waals surface area contributed by atoms with Gasteiger partial charge in [0.2, 0.25) is 0 Å². The SMILES string of the molecule is Cc1cc(OC(=O)NCO)cc(C)c1N(C)C. The molecule has 0 spiro atoms. The lowest BCUT2D eigenvalue weighted by atomic mass is 10.1. The summed E-state index contributed by atoms with van der Waals surface area (Å²) >= 11 is 0. The third-order valence-corrected chi connectivity index (χ3v) is 2.35. The van der Waals surface area contributed by atoms with Gasteiger partial charge in [-0.1, -0.05) is 0 Å². The van der Waals surface area contributed by atoms with Crippen LogP contribution in [0.3, 0.4) is 0 Å². The van der Waals surface area contributed by atoms with Crippen molar-refractivity contribution in [3.8, 4) is 5.75 Å². The van der Waals surface area contributed by atoms with Crippen molar-refractivity contribution in [2.75, 3.05) is 25.7 Å². The van der Waals surface area contributed by atoms with E-state index in [0.29, 0.717) is 5.75 Å². The molecular weight excluding hydrogens is 220 g/mol. The van der Waals surface area contributed by atoms with Crippen molar-refractivity contribution in [2.24, 2.45) is 0 Å². The van der Waals surface area contributed by atoms with Gasteiger partial charge in [-0.3, -0.25) is 5.32 Å². The average molecular weight is 238 g/mol. The summed E-state index contributed by atoms with van der Waals surface area (Å²) in [5.74, 6) is 0.469. The Morgan fingerprint density at radius 3 is 2.29 bits per heavy atom. The van der Waals surface area contributed by atoms with Crippen molar-refractivity contribution in [3.05, 3.63) is 23.3 Å². The fourth-order valence-electron chi connectivity index (χ4n) is 1.89. The molecule has 1 aromatic carbocycles. The maximum atomic E-state index is 11.2. The molecule has 0 saturated carbocycles. The summed E-state index contributed by atoms with van der Waals surface area (Å²) in [6.45, 7) is 3.48. The zero-order chi connectivity index (χ0) is 13.0. The Labute approximate surface area is 101 Å². The lowest BCUT2D eigenvalue weighted by Crippen LogP contribution is -2.27. The van der Waals surface area contributed by atoms with E-state index in [9.17, 15) is 4.79 Å². The number of nitrogens with one attached hydrogen (secondary N) is 1. The van der Waals surface area contributed by atoms with Crippen LogP contribution in [-0.2, 0) is 0 Å². The minimum atomic E-state index is -0.663. The number of carbonyl (C=O) groups excluding carboxylic acids is 1. The topological polar surface area (TPSA) is 61.8 Å². The van der Waals surface area contributed by atoms with Crippen molar-refractivity contribution >= 4 is 11.8 Å². The molecule has 0 aliphatic rings. The average Bonchev–Trinajstić information content (AvgIpc) is 2.15. The first kappa shape index (κ1) is 13.3. The Morgan fingerprint density at radius 1 is 1.35 bits per heavy atom. The first-order valence-electron chi connectivity index (χ1n) is 5.30. The number of aliphatic hydroxyl groups is 1. The number of hydrogen-bond donors (Lipinski definition) is 2. The molecule has 0 aliphatic heterocycles. The molecule has 0 saturated heterocycles. The third-order valence-electron chi connectivity index (χ3n) is 2.35. The van der Waals surface area contributed by atoms with Gasteiger partial charge in [0.25, 0.3) is 0 Å². The standard InChI is InChI=1S/C12H18N2O3/c1-8-5-10(17-12(16)13-7-15)6-9(2)11(8)14(3)4/h5-6,15H,7H2,1-4H3,(H,13,16). The van der Waals surface area contributed by atoms with Gasteiger partial charge >= 0.3 is 6.09 Å². The second-order valence-electron chi connectivity index (χ2n) is 4.02. The highest BCUT2D eigenvalue weighted by Gasteiger charge is 2.09. The molecule has 0 bridgehead atoms. The lowest BCUT2D eigenvalue weighted by Gasteiger charge is -2.19. The van der Waals surface area contributed by atoms with Crippen LogP contribution in [0.4, 0.5) is 10.5 Å².